The van der Waals surface area contributed by atoms with E-state index in [9.17, 15) is 9.59 Å². The molecule has 138 valence electrons. The van der Waals surface area contributed by atoms with Crippen molar-refractivity contribution in [3.05, 3.63) is 70.7 Å². The highest BCUT2D eigenvalue weighted by molar-refractivity contribution is 9.10. The van der Waals surface area contributed by atoms with E-state index in [4.69, 9.17) is 4.74 Å². The van der Waals surface area contributed by atoms with Crippen LogP contribution in [-0.4, -0.2) is 25.0 Å². The number of hydrogen-bond acceptors (Lipinski definition) is 3. The minimum Gasteiger partial charge on any atom is -0.483 e. The van der Waals surface area contributed by atoms with Gasteiger partial charge in [-0.1, -0.05) is 30.3 Å². The zero-order valence-corrected chi connectivity index (χ0v) is 16.4. The monoisotopic (exact) mass is 426 g/mol. The molecule has 0 bridgehead atoms. The van der Waals surface area contributed by atoms with E-state index >= 15 is 0 Å². The molecule has 0 aliphatic heterocycles. The number of rotatable bonds is 6. The van der Waals surface area contributed by atoms with E-state index in [0.29, 0.717) is 23.5 Å². The molecule has 0 saturated heterocycles. The van der Waals surface area contributed by atoms with Crippen molar-refractivity contribution >= 4 is 44.2 Å². The highest BCUT2D eigenvalue weighted by atomic mass is 79.9. The number of carbonyl (C=O) groups is 2. The van der Waals surface area contributed by atoms with Crippen LogP contribution in [0.4, 0.5) is 5.69 Å². The van der Waals surface area contributed by atoms with E-state index < -0.39 is 0 Å². The summed E-state index contributed by atoms with van der Waals surface area (Å²) in [6, 6.07) is 18.4. The van der Waals surface area contributed by atoms with E-state index in [1.165, 1.54) is 0 Å². The number of halogens is 1. The van der Waals surface area contributed by atoms with Crippen molar-refractivity contribution in [2.75, 3.05) is 18.5 Å². The molecule has 27 heavy (non-hydrogen) atoms. The van der Waals surface area contributed by atoms with Crippen LogP contribution in [-0.2, 0) is 4.79 Å². The molecule has 2 N–H and O–H groups in total. The first-order chi connectivity index (χ1) is 13.1. The van der Waals surface area contributed by atoms with Gasteiger partial charge in [-0.05, 0) is 64.0 Å². The van der Waals surface area contributed by atoms with Gasteiger partial charge in [-0.15, -0.1) is 0 Å². The molecule has 0 aliphatic carbocycles. The summed E-state index contributed by atoms with van der Waals surface area (Å²) in [5, 5.41) is 7.60. The predicted octanol–water partition coefficient (Wildman–Crippen LogP) is 4.37. The molecule has 0 heterocycles. The molecule has 0 atom stereocenters. The van der Waals surface area contributed by atoms with E-state index in [1.807, 2.05) is 43.3 Å². The van der Waals surface area contributed by atoms with Gasteiger partial charge in [0.25, 0.3) is 11.8 Å². The van der Waals surface area contributed by atoms with Crippen LogP contribution in [0.5, 0.6) is 5.75 Å². The van der Waals surface area contributed by atoms with Gasteiger partial charge in [0.2, 0.25) is 0 Å². The average Bonchev–Trinajstić information content (AvgIpc) is 2.68. The number of carbonyl (C=O) groups excluding carboxylic acids is 2. The van der Waals surface area contributed by atoms with Crippen LogP contribution in [0.3, 0.4) is 0 Å². The zero-order chi connectivity index (χ0) is 19.2. The van der Waals surface area contributed by atoms with Crippen LogP contribution >= 0.6 is 15.9 Å². The minimum absolute atomic E-state index is 0.116. The number of nitrogens with one attached hydrogen (secondary N) is 2. The number of ether oxygens (including phenoxy) is 1. The number of amides is 2. The fraction of sp³-hybridized carbons (Fsp3) is 0.143. The van der Waals surface area contributed by atoms with E-state index in [-0.39, 0.29) is 18.4 Å². The van der Waals surface area contributed by atoms with Crippen LogP contribution < -0.4 is 15.4 Å². The number of hydrogen-bond donors (Lipinski definition) is 2. The second kappa shape index (κ2) is 8.68. The SMILES string of the molecule is CCNC(=O)c1ccc(NC(=O)COc2ccc3ccccc3c2Br)cc1. The molecule has 0 aromatic heterocycles. The van der Waals surface area contributed by atoms with Gasteiger partial charge in [0.15, 0.2) is 6.61 Å². The molecule has 0 radical (unpaired) electrons. The highest BCUT2D eigenvalue weighted by Crippen LogP contribution is 2.32. The molecule has 0 unspecified atom stereocenters. The lowest BCUT2D eigenvalue weighted by Gasteiger charge is -2.11. The molecule has 3 rings (SSSR count). The standard InChI is InChI=1S/C21H19BrN2O3/c1-2-23-21(26)15-7-10-16(11-8-15)24-19(25)13-27-18-12-9-14-5-3-4-6-17(14)20(18)22/h3-12H,2,13H2,1H3,(H,23,26)(H,24,25). The smallest absolute Gasteiger partial charge is 0.262 e. The van der Waals surface area contributed by atoms with Crippen LogP contribution in [0, 0.1) is 0 Å². The molecule has 0 fully saturated rings. The normalized spacial score (nSPS) is 10.4. The van der Waals surface area contributed by atoms with E-state index in [0.717, 1.165) is 15.2 Å². The first-order valence-electron chi connectivity index (χ1n) is 8.56. The van der Waals surface area contributed by atoms with Crippen molar-refractivity contribution in [2.24, 2.45) is 0 Å². The van der Waals surface area contributed by atoms with Crippen LogP contribution in [0.1, 0.15) is 17.3 Å². The fourth-order valence-corrected chi connectivity index (χ4v) is 3.24. The lowest BCUT2D eigenvalue weighted by Crippen LogP contribution is -2.23. The van der Waals surface area contributed by atoms with Gasteiger partial charge < -0.3 is 15.4 Å². The van der Waals surface area contributed by atoms with Gasteiger partial charge >= 0.3 is 0 Å². The first kappa shape index (κ1) is 18.9. The van der Waals surface area contributed by atoms with Gasteiger partial charge in [-0.25, -0.2) is 0 Å². The second-order valence-electron chi connectivity index (χ2n) is 5.87. The quantitative estimate of drug-likeness (QED) is 0.614. The molecule has 0 saturated carbocycles. The summed E-state index contributed by atoms with van der Waals surface area (Å²) in [5.74, 6) is 0.191. The lowest BCUT2D eigenvalue weighted by molar-refractivity contribution is -0.118. The van der Waals surface area contributed by atoms with Crippen LogP contribution in [0.15, 0.2) is 65.1 Å². The summed E-state index contributed by atoms with van der Waals surface area (Å²) in [4.78, 5) is 23.9. The summed E-state index contributed by atoms with van der Waals surface area (Å²) >= 11 is 3.54. The van der Waals surface area contributed by atoms with Crippen LogP contribution in [0.2, 0.25) is 0 Å². The van der Waals surface area contributed by atoms with Crippen molar-refractivity contribution in [3.63, 3.8) is 0 Å². The maximum absolute atomic E-state index is 12.2. The molecule has 2 amide bonds. The Balaban J connectivity index is 1.60. The Morgan fingerprint density at radius 2 is 1.74 bits per heavy atom. The molecular weight excluding hydrogens is 408 g/mol. The number of anilines is 1. The fourth-order valence-electron chi connectivity index (χ4n) is 2.63. The summed E-state index contributed by atoms with van der Waals surface area (Å²) < 4.78 is 6.47. The van der Waals surface area contributed by atoms with Gasteiger partial charge in [-0.3, -0.25) is 9.59 Å². The predicted molar refractivity (Wildman–Crippen MR) is 110 cm³/mol. The van der Waals surface area contributed by atoms with Crippen molar-refractivity contribution in [1.29, 1.82) is 0 Å². The third-order valence-electron chi connectivity index (χ3n) is 3.95. The lowest BCUT2D eigenvalue weighted by atomic mass is 10.1. The molecule has 0 aliphatic rings. The third-order valence-corrected chi connectivity index (χ3v) is 4.77. The maximum Gasteiger partial charge on any atom is 0.262 e. The van der Waals surface area contributed by atoms with Crippen LogP contribution in [0.25, 0.3) is 10.8 Å². The molecule has 0 spiro atoms. The number of fused-ring (bicyclic) bond motifs is 1. The molecule has 6 heteroatoms. The Bertz CT molecular complexity index is 971. The van der Waals surface area contributed by atoms with Gasteiger partial charge in [0, 0.05) is 17.8 Å². The van der Waals surface area contributed by atoms with Crippen molar-refractivity contribution in [3.8, 4) is 5.75 Å². The Hall–Kier alpha value is -2.86. The molecule has 3 aromatic carbocycles. The largest absolute Gasteiger partial charge is 0.483 e. The second-order valence-corrected chi connectivity index (χ2v) is 6.67. The summed E-state index contributed by atoms with van der Waals surface area (Å²) in [6.45, 7) is 2.31. The summed E-state index contributed by atoms with van der Waals surface area (Å²) in [5.41, 5.74) is 1.15. The highest BCUT2D eigenvalue weighted by Gasteiger charge is 2.09. The van der Waals surface area contributed by atoms with E-state index in [1.54, 1.807) is 24.3 Å². The molecule has 5 nitrogen and oxygen atoms in total. The zero-order valence-electron chi connectivity index (χ0n) is 14.8. The third kappa shape index (κ3) is 4.65. The van der Waals surface area contributed by atoms with E-state index in [2.05, 4.69) is 26.6 Å². The van der Waals surface area contributed by atoms with Gasteiger partial charge in [-0.2, -0.15) is 0 Å². The first-order valence-corrected chi connectivity index (χ1v) is 9.36. The Labute approximate surface area is 165 Å². The van der Waals surface area contributed by atoms with Crippen molar-refractivity contribution in [2.45, 2.75) is 6.92 Å². The Morgan fingerprint density at radius 1 is 1.00 bits per heavy atom. The summed E-state index contributed by atoms with van der Waals surface area (Å²) in [6.07, 6.45) is 0. The minimum atomic E-state index is -0.277. The average molecular weight is 427 g/mol. The van der Waals surface area contributed by atoms with Crippen molar-refractivity contribution in [1.82, 2.24) is 5.32 Å². The number of benzene rings is 3. The molecule has 3 aromatic rings. The molecular formula is C21H19BrN2O3. The topological polar surface area (TPSA) is 67.4 Å². The summed E-state index contributed by atoms with van der Waals surface area (Å²) in [7, 11) is 0. The Morgan fingerprint density at radius 3 is 2.48 bits per heavy atom. The Kier molecular flexibility index (Phi) is 6.08. The van der Waals surface area contributed by atoms with Gasteiger partial charge in [0.1, 0.15) is 5.75 Å². The van der Waals surface area contributed by atoms with Gasteiger partial charge in [0.05, 0.1) is 4.47 Å². The maximum atomic E-state index is 12.2. The van der Waals surface area contributed by atoms with Crippen molar-refractivity contribution < 1.29 is 14.3 Å².